The van der Waals surface area contributed by atoms with Crippen molar-refractivity contribution in [1.82, 2.24) is 0 Å². The first-order chi connectivity index (χ1) is 12.9. The molecule has 0 bridgehead atoms. The van der Waals surface area contributed by atoms with Gasteiger partial charge in [0.2, 0.25) is 0 Å². The van der Waals surface area contributed by atoms with Crippen molar-refractivity contribution in [2.24, 2.45) is 57.7 Å². The molecule has 27 heavy (non-hydrogen) atoms. The molecular formula is C25H31NO. The maximum absolute atomic E-state index is 12.2. The lowest BCUT2D eigenvalue weighted by atomic mass is 9.43. The second kappa shape index (κ2) is 4.79. The van der Waals surface area contributed by atoms with E-state index in [0.717, 1.165) is 48.9 Å². The van der Waals surface area contributed by atoms with Crippen molar-refractivity contribution in [2.45, 2.75) is 58.8 Å². The van der Waals surface area contributed by atoms with E-state index in [-0.39, 0.29) is 16.2 Å². The van der Waals surface area contributed by atoms with E-state index in [1.165, 1.54) is 31.3 Å². The van der Waals surface area contributed by atoms with Crippen LogP contribution >= 0.6 is 0 Å². The quantitative estimate of drug-likeness (QED) is 0.625. The first kappa shape index (κ1) is 16.6. The number of allylic oxidation sites excluding steroid dienone is 2. The minimum absolute atomic E-state index is 0.167. The van der Waals surface area contributed by atoms with E-state index in [0.29, 0.717) is 17.6 Å². The van der Waals surface area contributed by atoms with Crippen molar-refractivity contribution in [3.05, 3.63) is 24.3 Å². The van der Waals surface area contributed by atoms with Crippen LogP contribution in [0.4, 0.5) is 0 Å². The molecule has 10 atom stereocenters. The molecule has 142 valence electrons. The summed E-state index contributed by atoms with van der Waals surface area (Å²) in [7, 11) is 0. The molecule has 0 spiro atoms. The van der Waals surface area contributed by atoms with Crippen LogP contribution in [0.5, 0.6) is 0 Å². The van der Waals surface area contributed by atoms with E-state index >= 15 is 0 Å². The summed E-state index contributed by atoms with van der Waals surface area (Å²) in [4.78, 5) is 12.2. The summed E-state index contributed by atoms with van der Waals surface area (Å²) < 4.78 is 0. The Morgan fingerprint density at radius 3 is 2.81 bits per heavy atom. The monoisotopic (exact) mass is 361 g/mol. The fraction of sp³-hybridized carbons (Fsp3) is 0.760. The minimum Gasteiger partial charge on any atom is -0.295 e. The summed E-state index contributed by atoms with van der Waals surface area (Å²) in [6.07, 6.45) is 11.8. The van der Waals surface area contributed by atoms with Crippen LogP contribution in [0.25, 0.3) is 0 Å². The van der Waals surface area contributed by atoms with Crippen LogP contribution in [0.15, 0.2) is 24.3 Å². The Hall–Kier alpha value is -1.36. The Morgan fingerprint density at radius 2 is 2.07 bits per heavy atom. The van der Waals surface area contributed by atoms with Gasteiger partial charge in [-0.2, -0.15) is 5.26 Å². The number of nitriles is 1. The molecule has 2 heteroatoms. The average molecular weight is 362 g/mol. The van der Waals surface area contributed by atoms with Crippen molar-refractivity contribution in [3.63, 3.8) is 0 Å². The Morgan fingerprint density at radius 1 is 1.26 bits per heavy atom. The Balaban J connectivity index is 1.45. The van der Waals surface area contributed by atoms with Gasteiger partial charge in [-0.25, -0.2) is 0 Å². The first-order valence-corrected chi connectivity index (χ1v) is 11.2. The van der Waals surface area contributed by atoms with Crippen molar-refractivity contribution < 1.29 is 4.79 Å². The molecule has 0 aliphatic heterocycles. The average Bonchev–Trinajstić information content (AvgIpc) is 3.54. The highest BCUT2D eigenvalue weighted by Crippen LogP contribution is 2.83. The lowest BCUT2D eigenvalue weighted by molar-refractivity contribution is -0.119. The summed E-state index contributed by atoms with van der Waals surface area (Å²) in [5, 5.41) is 10.3. The summed E-state index contributed by atoms with van der Waals surface area (Å²) in [6.45, 7) is 8.99. The van der Waals surface area contributed by atoms with Crippen LogP contribution in [0.3, 0.4) is 0 Å². The van der Waals surface area contributed by atoms with E-state index in [2.05, 4.69) is 32.6 Å². The van der Waals surface area contributed by atoms with Crippen molar-refractivity contribution >= 4 is 5.78 Å². The number of carbonyl (C=O) groups is 1. The van der Waals surface area contributed by atoms with Gasteiger partial charge in [0, 0.05) is 6.42 Å². The zero-order chi connectivity index (χ0) is 18.8. The van der Waals surface area contributed by atoms with Gasteiger partial charge in [0.15, 0.2) is 5.78 Å². The third-order valence-corrected chi connectivity index (χ3v) is 10.6. The van der Waals surface area contributed by atoms with Gasteiger partial charge in [0.25, 0.3) is 0 Å². The molecule has 6 aliphatic carbocycles. The predicted octanol–water partition coefficient (Wildman–Crippen LogP) is 5.32. The fourth-order valence-electron chi connectivity index (χ4n) is 9.41. The summed E-state index contributed by atoms with van der Waals surface area (Å²) in [6, 6.07) is 2.88. The molecule has 0 radical (unpaired) electrons. The van der Waals surface area contributed by atoms with Crippen molar-refractivity contribution in [3.8, 4) is 6.07 Å². The standard InChI is InChI=1S/C25H31NO/c1-4-7-25(13-26)20-12-17(20)22-21-16-11-15(16)19-10-14(27)5-8-23(19,2)18(21)6-9-24(22,25)3/h4,10,15-18,20-22H,1,5-9,11-12H2,2-3H3/t15-,16+,17-,18+,20+,21-,22+,23-,24+,25+/m1/s1. The van der Waals surface area contributed by atoms with E-state index in [9.17, 15) is 10.1 Å². The zero-order valence-corrected chi connectivity index (χ0v) is 16.7. The highest BCUT2D eigenvalue weighted by molar-refractivity contribution is 5.92. The van der Waals surface area contributed by atoms with Gasteiger partial charge >= 0.3 is 0 Å². The fourth-order valence-corrected chi connectivity index (χ4v) is 9.41. The summed E-state index contributed by atoms with van der Waals surface area (Å²) in [5.41, 5.74) is 1.77. The topological polar surface area (TPSA) is 40.9 Å². The van der Waals surface area contributed by atoms with Gasteiger partial charge < -0.3 is 0 Å². The van der Waals surface area contributed by atoms with E-state index in [1.807, 2.05) is 6.08 Å². The lowest BCUT2D eigenvalue weighted by Crippen LogP contribution is -2.54. The predicted molar refractivity (Wildman–Crippen MR) is 104 cm³/mol. The number of hydrogen-bond donors (Lipinski definition) is 0. The molecule has 0 N–H and O–H groups in total. The van der Waals surface area contributed by atoms with Crippen LogP contribution in [0.2, 0.25) is 0 Å². The number of hydrogen-bond acceptors (Lipinski definition) is 2. The van der Waals surface area contributed by atoms with Crippen molar-refractivity contribution in [1.29, 1.82) is 5.26 Å². The first-order valence-electron chi connectivity index (χ1n) is 11.2. The largest absolute Gasteiger partial charge is 0.295 e. The van der Waals surface area contributed by atoms with Crippen LogP contribution in [-0.2, 0) is 4.79 Å². The third-order valence-electron chi connectivity index (χ3n) is 10.6. The van der Waals surface area contributed by atoms with Gasteiger partial charge in [-0.3, -0.25) is 4.79 Å². The second-order valence-electron chi connectivity index (χ2n) is 11.2. The Labute approximate surface area is 163 Å². The molecule has 0 heterocycles. The van der Waals surface area contributed by atoms with E-state index in [1.54, 1.807) is 0 Å². The highest BCUT2D eigenvalue weighted by Gasteiger charge is 2.78. The van der Waals surface area contributed by atoms with Gasteiger partial charge in [-0.05, 0) is 96.9 Å². The lowest BCUT2D eigenvalue weighted by Gasteiger charge is -2.60. The molecule has 6 rings (SSSR count). The molecular weight excluding hydrogens is 330 g/mol. The van der Waals surface area contributed by atoms with Crippen LogP contribution in [-0.4, -0.2) is 5.78 Å². The SMILES string of the molecule is C=CC[C@]1(C#N)[C@H]2C[C@H]2[C@H]2[C@@H]3[C@H]4C[C@H]4C4=CC(=O)CC[C@]4(C)[C@H]3CC[C@@]21C. The van der Waals surface area contributed by atoms with E-state index in [4.69, 9.17) is 0 Å². The molecule has 6 aliphatic rings. The molecule has 0 amide bonds. The smallest absolute Gasteiger partial charge is 0.155 e. The minimum atomic E-state index is -0.168. The third kappa shape index (κ3) is 1.68. The Bertz CT molecular complexity index is 834. The van der Waals surface area contributed by atoms with Gasteiger partial charge in [0.1, 0.15) is 0 Å². The van der Waals surface area contributed by atoms with Crippen LogP contribution in [0.1, 0.15) is 58.8 Å². The number of nitrogens with zero attached hydrogens (tertiary/aromatic N) is 1. The summed E-state index contributed by atoms with van der Waals surface area (Å²) >= 11 is 0. The summed E-state index contributed by atoms with van der Waals surface area (Å²) in [5.74, 6) is 5.49. The molecule has 2 nitrogen and oxygen atoms in total. The van der Waals surface area contributed by atoms with Crippen LogP contribution < -0.4 is 0 Å². The zero-order valence-electron chi connectivity index (χ0n) is 16.7. The number of rotatable bonds is 2. The normalized spacial score (nSPS) is 59.2. The number of carbonyl (C=O) groups excluding carboxylic acids is 1. The van der Waals surface area contributed by atoms with Gasteiger partial charge in [-0.1, -0.05) is 25.5 Å². The highest BCUT2D eigenvalue weighted by atomic mass is 16.1. The molecule has 0 unspecified atom stereocenters. The van der Waals surface area contributed by atoms with E-state index < -0.39 is 0 Å². The van der Waals surface area contributed by atoms with Gasteiger partial charge in [0.05, 0.1) is 11.5 Å². The van der Waals surface area contributed by atoms with Crippen LogP contribution in [0, 0.1) is 69.0 Å². The van der Waals surface area contributed by atoms with Gasteiger partial charge in [-0.15, -0.1) is 6.58 Å². The maximum atomic E-state index is 12.2. The molecule has 0 aromatic carbocycles. The maximum Gasteiger partial charge on any atom is 0.155 e. The molecule has 0 aromatic rings. The Kier molecular flexibility index (Phi) is 2.94. The molecule has 0 saturated heterocycles. The molecule has 0 aromatic heterocycles. The molecule has 5 fully saturated rings. The number of ketones is 1. The van der Waals surface area contributed by atoms with Crippen molar-refractivity contribution in [2.75, 3.05) is 0 Å². The number of fused-ring (bicyclic) bond motifs is 10. The molecule has 5 saturated carbocycles. The second-order valence-corrected chi connectivity index (χ2v) is 11.2.